The predicted molar refractivity (Wildman–Crippen MR) is 26.9 cm³/mol. The van der Waals surface area contributed by atoms with Crippen LogP contribution in [0.1, 0.15) is 13.3 Å². The van der Waals surface area contributed by atoms with Crippen LogP contribution in [0.15, 0.2) is 0 Å². The van der Waals surface area contributed by atoms with E-state index in [0.717, 1.165) is 6.42 Å². The summed E-state index contributed by atoms with van der Waals surface area (Å²) >= 11 is 0. The van der Waals surface area contributed by atoms with Gasteiger partial charge in [0.1, 0.15) is 0 Å². The van der Waals surface area contributed by atoms with Crippen molar-refractivity contribution in [2.24, 2.45) is 0 Å². The zero-order valence-electron chi connectivity index (χ0n) is 4.12. The van der Waals surface area contributed by atoms with Gasteiger partial charge in [0.25, 0.3) is 0 Å². The molecule has 0 rings (SSSR count). The lowest BCUT2D eigenvalue weighted by Gasteiger charge is -1.69. The van der Waals surface area contributed by atoms with Crippen molar-refractivity contribution in [2.45, 2.75) is 13.3 Å². The van der Waals surface area contributed by atoms with E-state index >= 15 is 0 Å². The molecule has 0 spiro atoms. The number of rotatable bonds is 1. The Morgan fingerprint density at radius 3 is 2.86 bits per heavy atom. The van der Waals surface area contributed by atoms with E-state index in [1.165, 1.54) is 6.41 Å². The molecule has 0 aliphatic rings. The van der Waals surface area contributed by atoms with E-state index in [4.69, 9.17) is 0 Å². The van der Waals surface area contributed by atoms with Crippen molar-refractivity contribution in [2.75, 3.05) is 0 Å². The fourth-order valence-corrected chi connectivity index (χ4v) is 0.158. The second-order valence-electron chi connectivity index (χ2n) is 0.882. The molecule has 37 valence electrons. The van der Waals surface area contributed by atoms with Gasteiger partial charge in [-0.25, -0.2) is 0 Å². The summed E-state index contributed by atoms with van der Waals surface area (Å²) in [4.78, 5) is 9.34. The zero-order chi connectivity index (χ0) is 5.54. The third-order valence-electron chi connectivity index (χ3n) is 0.379. The average Bonchev–Trinajstić information content (AvgIpc) is 1.69. The highest BCUT2D eigenvalue weighted by Crippen LogP contribution is 1.61. The van der Waals surface area contributed by atoms with Crippen LogP contribution < -0.4 is 5.32 Å². The summed E-state index contributed by atoms with van der Waals surface area (Å²) in [7, 11) is 0. The molecule has 1 amide bonds. The minimum atomic E-state index is 0.759. The van der Waals surface area contributed by atoms with Crippen molar-refractivity contribution in [3.8, 4) is 12.0 Å². The van der Waals surface area contributed by atoms with Crippen LogP contribution in [0.3, 0.4) is 0 Å². The van der Waals surface area contributed by atoms with Crippen molar-refractivity contribution >= 4 is 6.41 Å². The minimum absolute atomic E-state index is 0.759. The molecule has 0 aromatic heterocycles. The lowest BCUT2D eigenvalue weighted by Crippen LogP contribution is -1.98. The summed E-state index contributed by atoms with van der Waals surface area (Å²) in [6.07, 6.45) is 2.19. The topological polar surface area (TPSA) is 29.1 Å². The Hall–Kier alpha value is -0.970. The van der Waals surface area contributed by atoms with Crippen molar-refractivity contribution in [3.05, 3.63) is 0 Å². The quantitative estimate of drug-likeness (QED) is 0.361. The highest BCUT2D eigenvalue weighted by atomic mass is 16.1. The molecule has 7 heavy (non-hydrogen) atoms. The second-order valence-corrected chi connectivity index (χ2v) is 0.882. The van der Waals surface area contributed by atoms with Crippen LogP contribution in [0, 0.1) is 12.0 Å². The molecule has 0 heterocycles. The number of amides is 1. The maximum Gasteiger partial charge on any atom is 0.321 e. The summed E-state index contributed by atoms with van der Waals surface area (Å²) < 4.78 is 0. The standard InChI is InChI=1S/C5H6NO/c1-2-3-4-6-5-7/h2H2,1H3,(H,6,7). The monoisotopic (exact) mass is 96.0 g/mol. The summed E-state index contributed by atoms with van der Waals surface area (Å²) in [5, 5.41) is 2.08. The molecule has 0 saturated carbocycles. The Labute approximate surface area is 42.9 Å². The highest BCUT2D eigenvalue weighted by molar-refractivity contribution is 5.50. The SMILES string of the molecule is CCC#CN[C]=O. The van der Waals surface area contributed by atoms with E-state index in [9.17, 15) is 4.79 Å². The van der Waals surface area contributed by atoms with Crippen LogP contribution in [0.4, 0.5) is 0 Å². The number of nitrogens with one attached hydrogen (secondary N) is 1. The molecular formula is C5H6NO. The molecule has 0 atom stereocenters. The minimum Gasteiger partial charge on any atom is -0.277 e. The molecule has 0 aromatic rings. The third kappa shape index (κ3) is 5.03. The Bertz CT molecular complexity index is 98.4. The lowest BCUT2D eigenvalue weighted by atomic mass is 10.5. The van der Waals surface area contributed by atoms with Gasteiger partial charge in [0.15, 0.2) is 0 Å². The Balaban J connectivity index is 3.06. The van der Waals surface area contributed by atoms with Crippen molar-refractivity contribution in [3.63, 3.8) is 0 Å². The first-order valence-electron chi connectivity index (χ1n) is 2.01. The predicted octanol–water partition coefficient (Wildman–Crippen LogP) is 0.0141. The highest BCUT2D eigenvalue weighted by Gasteiger charge is 1.61. The van der Waals surface area contributed by atoms with Crippen LogP contribution in [-0.4, -0.2) is 6.41 Å². The van der Waals surface area contributed by atoms with Crippen molar-refractivity contribution in [1.82, 2.24) is 5.32 Å². The smallest absolute Gasteiger partial charge is 0.277 e. The van der Waals surface area contributed by atoms with Gasteiger partial charge in [0.05, 0.1) is 0 Å². The van der Waals surface area contributed by atoms with Gasteiger partial charge in [-0.15, -0.1) is 0 Å². The van der Waals surface area contributed by atoms with Crippen LogP contribution in [0.5, 0.6) is 0 Å². The molecule has 0 saturated heterocycles. The molecule has 2 heteroatoms. The van der Waals surface area contributed by atoms with E-state index in [-0.39, 0.29) is 0 Å². The van der Waals surface area contributed by atoms with Gasteiger partial charge in [-0.1, -0.05) is 12.8 Å². The lowest BCUT2D eigenvalue weighted by molar-refractivity contribution is 0.551. The van der Waals surface area contributed by atoms with Gasteiger partial charge >= 0.3 is 6.41 Å². The Morgan fingerprint density at radius 2 is 2.43 bits per heavy atom. The molecule has 1 radical (unpaired) electrons. The molecule has 2 nitrogen and oxygen atoms in total. The summed E-state index contributed by atoms with van der Waals surface area (Å²) in [5.74, 6) is 2.63. The first-order valence-corrected chi connectivity index (χ1v) is 2.01. The van der Waals surface area contributed by atoms with Gasteiger partial charge in [-0.2, -0.15) is 0 Å². The van der Waals surface area contributed by atoms with E-state index in [1.807, 2.05) is 6.92 Å². The van der Waals surface area contributed by atoms with E-state index in [1.54, 1.807) is 0 Å². The van der Waals surface area contributed by atoms with E-state index in [2.05, 4.69) is 17.3 Å². The molecule has 0 aliphatic heterocycles. The van der Waals surface area contributed by atoms with Gasteiger partial charge < -0.3 is 0 Å². The first kappa shape index (κ1) is 6.03. The molecule has 0 aromatic carbocycles. The second kappa shape index (κ2) is 5.03. The summed E-state index contributed by atoms with van der Waals surface area (Å²) in [5.41, 5.74) is 0. The molecule has 0 bridgehead atoms. The van der Waals surface area contributed by atoms with E-state index < -0.39 is 0 Å². The number of hydrogen-bond acceptors (Lipinski definition) is 1. The normalized spacial score (nSPS) is 5.86. The molecule has 0 fully saturated rings. The maximum absolute atomic E-state index is 9.34. The number of carbonyl (C=O) groups excluding carboxylic acids is 1. The zero-order valence-corrected chi connectivity index (χ0v) is 4.12. The number of hydrogen-bond donors (Lipinski definition) is 1. The van der Waals surface area contributed by atoms with Gasteiger partial charge in [0, 0.05) is 12.5 Å². The largest absolute Gasteiger partial charge is 0.321 e. The first-order chi connectivity index (χ1) is 3.41. The molecule has 0 aliphatic carbocycles. The van der Waals surface area contributed by atoms with Crippen molar-refractivity contribution in [1.29, 1.82) is 0 Å². The average molecular weight is 96.1 g/mol. The van der Waals surface area contributed by atoms with Crippen LogP contribution >= 0.6 is 0 Å². The molecule has 1 N–H and O–H groups in total. The van der Waals surface area contributed by atoms with Crippen LogP contribution in [-0.2, 0) is 4.79 Å². The van der Waals surface area contributed by atoms with Gasteiger partial charge in [-0.3, -0.25) is 10.1 Å². The van der Waals surface area contributed by atoms with Gasteiger partial charge in [-0.05, 0) is 0 Å². The van der Waals surface area contributed by atoms with Gasteiger partial charge in [0.2, 0.25) is 0 Å². The van der Waals surface area contributed by atoms with Crippen molar-refractivity contribution < 1.29 is 4.79 Å². The maximum atomic E-state index is 9.34. The summed E-state index contributed by atoms with van der Waals surface area (Å²) in [6, 6.07) is 2.36. The molecule has 0 unspecified atom stereocenters. The molecular weight excluding hydrogens is 90.1 g/mol. The Morgan fingerprint density at radius 1 is 1.71 bits per heavy atom. The van der Waals surface area contributed by atoms with Crippen LogP contribution in [0.2, 0.25) is 0 Å². The summed E-state index contributed by atoms with van der Waals surface area (Å²) in [6.45, 7) is 1.90. The van der Waals surface area contributed by atoms with Crippen LogP contribution in [0.25, 0.3) is 0 Å². The third-order valence-corrected chi connectivity index (χ3v) is 0.379. The Kier molecular flexibility index (Phi) is 4.33. The van der Waals surface area contributed by atoms with E-state index in [0.29, 0.717) is 0 Å². The fraction of sp³-hybridized carbons (Fsp3) is 0.400. The fourth-order valence-electron chi connectivity index (χ4n) is 0.158.